The number of ketones is 1. The van der Waals surface area contributed by atoms with Gasteiger partial charge in [-0.25, -0.2) is 9.97 Å². The van der Waals surface area contributed by atoms with E-state index in [2.05, 4.69) is 60.8 Å². The van der Waals surface area contributed by atoms with Crippen LogP contribution in [0.5, 0.6) is 0 Å². The largest absolute Gasteiger partial charge is 0.481 e. The second-order valence-electron chi connectivity index (χ2n) is 11.6. The third-order valence-electron chi connectivity index (χ3n) is 7.21. The molecular formula is C34H37N3O3. The van der Waals surface area contributed by atoms with E-state index in [9.17, 15) is 14.7 Å². The van der Waals surface area contributed by atoms with E-state index in [0.717, 1.165) is 27.8 Å². The number of benzene rings is 3. The van der Waals surface area contributed by atoms with Crippen LogP contribution in [0.15, 0.2) is 79.1 Å². The normalized spacial score (nSPS) is 12.2. The summed E-state index contributed by atoms with van der Waals surface area (Å²) in [6.07, 6.45) is 3.86. The van der Waals surface area contributed by atoms with Gasteiger partial charge in [0.2, 0.25) is 0 Å². The third-order valence-corrected chi connectivity index (χ3v) is 7.21. The zero-order valence-electron chi connectivity index (χ0n) is 24.1. The molecule has 0 unspecified atom stereocenters. The molecule has 206 valence electrons. The number of rotatable bonds is 9. The number of anilines is 1. The number of hydrogen-bond donors (Lipinski definition) is 1. The molecule has 0 saturated heterocycles. The van der Waals surface area contributed by atoms with Crippen LogP contribution in [0, 0.1) is 12.8 Å². The van der Waals surface area contributed by atoms with Gasteiger partial charge in [-0.1, -0.05) is 75.4 Å². The highest BCUT2D eigenvalue weighted by Crippen LogP contribution is 2.27. The minimum atomic E-state index is -0.975. The maximum atomic E-state index is 12.9. The molecule has 0 aliphatic carbocycles. The highest BCUT2D eigenvalue weighted by Gasteiger charge is 2.23. The highest BCUT2D eigenvalue weighted by molar-refractivity contribution is 5.98. The number of Topliss-reactive ketones (excluding diaryl/α,β-unsaturated/α-hetero) is 1. The van der Waals surface area contributed by atoms with E-state index < -0.39 is 11.9 Å². The number of carboxylic acid groups (broad SMARTS) is 1. The molecule has 3 aromatic carbocycles. The van der Waals surface area contributed by atoms with Crippen molar-refractivity contribution in [3.8, 4) is 22.5 Å². The Kier molecular flexibility index (Phi) is 8.48. The van der Waals surface area contributed by atoms with Crippen molar-refractivity contribution in [1.82, 2.24) is 9.97 Å². The van der Waals surface area contributed by atoms with Gasteiger partial charge >= 0.3 is 5.97 Å². The van der Waals surface area contributed by atoms with Crippen LogP contribution in [0.25, 0.3) is 22.5 Å². The van der Waals surface area contributed by atoms with Crippen molar-refractivity contribution < 1.29 is 14.7 Å². The van der Waals surface area contributed by atoms with Gasteiger partial charge in [-0.3, -0.25) is 9.59 Å². The van der Waals surface area contributed by atoms with Crippen LogP contribution in [0.3, 0.4) is 0 Å². The van der Waals surface area contributed by atoms with Gasteiger partial charge in [0, 0.05) is 55.3 Å². The minimum absolute atomic E-state index is 0.0121. The van der Waals surface area contributed by atoms with Gasteiger partial charge in [-0.15, -0.1) is 0 Å². The lowest BCUT2D eigenvalue weighted by molar-refractivity contribution is -0.141. The monoisotopic (exact) mass is 535 g/mol. The van der Waals surface area contributed by atoms with E-state index in [0.29, 0.717) is 11.4 Å². The smallest absolute Gasteiger partial charge is 0.307 e. The van der Waals surface area contributed by atoms with Crippen molar-refractivity contribution in [2.75, 3.05) is 19.0 Å². The minimum Gasteiger partial charge on any atom is -0.481 e. The molecule has 0 aliphatic rings. The molecule has 6 nitrogen and oxygen atoms in total. The predicted octanol–water partition coefficient (Wildman–Crippen LogP) is 7.00. The van der Waals surface area contributed by atoms with Crippen molar-refractivity contribution in [1.29, 1.82) is 0 Å². The molecular weight excluding hydrogens is 498 g/mol. The van der Waals surface area contributed by atoms with Crippen LogP contribution in [-0.2, 0) is 16.6 Å². The number of aryl methyl sites for hydroxylation is 1. The average molecular weight is 536 g/mol. The summed E-state index contributed by atoms with van der Waals surface area (Å²) in [5, 5.41) is 9.82. The summed E-state index contributed by atoms with van der Waals surface area (Å²) in [7, 11) is 4.05. The maximum absolute atomic E-state index is 12.9. The number of hydrogen-bond acceptors (Lipinski definition) is 5. The van der Waals surface area contributed by atoms with Crippen molar-refractivity contribution >= 4 is 17.4 Å². The Morgan fingerprint density at radius 3 is 1.98 bits per heavy atom. The van der Waals surface area contributed by atoms with E-state index in [1.165, 1.54) is 11.3 Å². The molecule has 1 heterocycles. The van der Waals surface area contributed by atoms with Crippen molar-refractivity contribution in [2.24, 2.45) is 5.92 Å². The summed E-state index contributed by atoms with van der Waals surface area (Å²) in [6, 6.07) is 21.3. The Morgan fingerprint density at radius 2 is 1.45 bits per heavy atom. The summed E-state index contributed by atoms with van der Waals surface area (Å²) >= 11 is 0. The van der Waals surface area contributed by atoms with E-state index in [1.54, 1.807) is 12.1 Å². The lowest BCUT2D eigenvalue weighted by Gasteiger charge is -2.19. The molecule has 4 rings (SSSR count). The molecule has 1 atom stereocenters. The molecule has 4 aromatic rings. The fourth-order valence-electron chi connectivity index (χ4n) is 4.78. The van der Waals surface area contributed by atoms with Crippen molar-refractivity contribution in [3.05, 3.63) is 101 Å². The summed E-state index contributed by atoms with van der Waals surface area (Å²) in [5.41, 5.74) is 7.71. The Morgan fingerprint density at radius 1 is 0.850 bits per heavy atom. The Hall–Kier alpha value is -4.32. The standard InChI is InChI=1S/C34H37N3O3/c1-22-17-26(13-16-30(22)37(5)6)28-20-35-32(36-21-28)25-9-7-23(8-10-25)18-27(33(39)40)19-31(38)24-11-14-29(15-12-24)34(2,3)4/h7-17,20-21,27H,18-19H2,1-6H3,(H,39,40)/t27-/m1/s1. The van der Waals surface area contributed by atoms with Gasteiger partial charge in [-0.2, -0.15) is 0 Å². The Labute approximate surface area is 236 Å². The fourth-order valence-corrected chi connectivity index (χ4v) is 4.78. The predicted molar refractivity (Wildman–Crippen MR) is 161 cm³/mol. The number of carbonyl (C=O) groups excluding carboxylic acids is 1. The molecule has 0 bridgehead atoms. The van der Waals surface area contributed by atoms with Crippen LogP contribution >= 0.6 is 0 Å². The van der Waals surface area contributed by atoms with Gasteiger partial charge in [0.05, 0.1) is 5.92 Å². The molecule has 0 saturated carbocycles. The van der Waals surface area contributed by atoms with E-state index in [4.69, 9.17) is 0 Å². The number of carboxylic acids is 1. The molecule has 0 aliphatic heterocycles. The van der Waals surface area contributed by atoms with E-state index in [-0.39, 0.29) is 24.0 Å². The van der Waals surface area contributed by atoms with Gasteiger partial charge < -0.3 is 10.0 Å². The number of aliphatic carboxylic acids is 1. The molecule has 0 fully saturated rings. The first kappa shape index (κ1) is 28.7. The molecule has 6 heteroatoms. The summed E-state index contributed by atoms with van der Waals surface area (Å²) in [5.74, 6) is -1.35. The average Bonchev–Trinajstić information content (AvgIpc) is 2.92. The van der Waals surface area contributed by atoms with Crippen LogP contribution in [0.1, 0.15) is 54.2 Å². The van der Waals surface area contributed by atoms with Crippen molar-refractivity contribution in [2.45, 2.75) is 46.0 Å². The SMILES string of the molecule is Cc1cc(-c2cnc(-c3ccc(C[C@H](CC(=O)c4ccc(C(C)(C)C)cc4)C(=O)O)cc3)nc2)ccc1N(C)C. The van der Waals surface area contributed by atoms with Crippen LogP contribution in [0.4, 0.5) is 5.69 Å². The number of nitrogens with zero attached hydrogens (tertiary/aromatic N) is 3. The number of aromatic nitrogens is 2. The van der Waals surface area contributed by atoms with Gasteiger partial charge in [-0.05, 0) is 53.1 Å². The van der Waals surface area contributed by atoms with Gasteiger partial charge in [0.1, 0.15) is 0 Å². The molecule has 0 spiro atoms. The van der Waals surface area contributed by atoms with Gasteiger partial charge in [0.25, 0.3) is 0 Å². The van der Waals surface area contributed by atoms with E-state index >= 15 is 0 Å². The van der Waals surface area contributed by atoms with Crippen LogP contribution in [-0.4, -0.2) is 40.9 Å². The maximum Gasteiger partial charge on any atom is 0.307 e. The van der Waals surface area contributed by atoms with Gasteiger partial charge in [0.15, 0.2) is 11.6 Å². The molecule has 40 heavy (non-hydrogen) atoms. The molecule has 1 N–H and O–H groups in total. The fraction of sp³-hybridized carbons (Fsp3) is 0.294. The summed E-state index contributed by atoms with van der Waals surface area (Å²) < 4.78 is 0. The first-order chi connectivity index (χ1) is 18.9. The first-order valence-electron chi connectivity index (χ1n) is 13.5. The Bertz CT molecular complexity index is 1480. The van der Waals surface area contributed by atoms with Crippen LogP contribution in [0.2, 0.25) is 0 Å². The molecule has 0 radical (unpaired) electrons. The topological polar surface area (TPSA) is 83.4 Å². The summed E-state index contributed by atoms with van der Waals surface area (Å²) in [6.45, 7) is 8.43. The third kappa shape index (κ3) is 6.81. The van der Waals surface area contributed by atoms with Crippen molar-refractivity contribution in [3.63, 3.8) is 0 Å². The quantitative estimate of drug-likeness (QED) is 0.232. The second-order valence-corrected chi connectivity index (χ2v) is 11.6. The zero-order valence-corrected chi connectivity index (χ0v) is 24.1. The number of carbonyl (C=O) groups is 2. The zero-order chi connectivity index (χ0) is 29.0. The van der Waals surface area contributed by atoms with E-state index in [1.807, 2.05) is 62.9 Å². The lowest BCUT2D eigenvalue weighted by Crippen LogP contribution is -2.20. The molecule has 0 amide bonds. The first-order valence-corrected chi connectivity index (χ1v) is 13.5. The Balaban J connectivity index is 1.42. The highest BCUT2D eigenvalue weighted by atomic mass is 16.4. The second kappa shape index (κ2) is 11.8. The lowest BCUT2D eigenvalue weighted by atomic mass is 9.86. The summed E-state index contributed by atoms with van der Waals surface area (Å²) in [4.78, 5) is 36.1. The van der Waals surface area contributed by atoms with Crippen LogP contribution < -0.4 is 4.90 Å². The molecule has 1 aromatic heterocycles.